The minimum atomic E-state index is -0.718. The lowest BCUT2D eigenvalue weighted by molar-refractivity contribution is 0.0124. The molecular formula is C12H21N3O3. The summed E-state index contributed by atoms with van der Waals surface area (Å²) in [6.07, 6.45) is 4.24. The number of hydrogen-bond donors (Lipinski definition) is 1. The number of rotatable bonds is 5. The van der Waals surface area contributed by atoms with Gasteiger partial charge in [-0.1, -0.05) is 5.16 Å². The SMILES string of the molecule is COCC(C)(N)c1noc(CC2CCCCO2)n1. The van der Waals surface area contributed by atoms with Crippen molar-refractivity contribution in [2.75, 3.05) is 20.3 Å². The molecule has 6 heteroatoms. The third-order valence-corrected chi connectivity index (χ3v) is 3.10. The fourth-order valence-corrected chi connectivity index (χ4v) is 2.10. The second-order valence-corrected chi connectivity index (χ2v) is 5.05. The predicted octanol–water partition coefficient (Wildman–Crippen LogP) is 1.00. The molecule has 2 atom stereocenters. The minimum Gasteiger partial charge on any atom is -0.382 e. The van der Waals surface area contributed by atoms with Crippen molar-refractivity contribution < 1.29 is 14.0 Å². The molecular weight excluding hydrogens is 234 g/mol. The highest BCUT2D eigenvalue weighted by atomic mass is 16.5. The van der Waals surface area contributed by atoms with Gasteiger partial charge in [-0.05, 0) is 26.2 Å². The highest BCUT2D eigenvalue weighted by molar-refractivity contribution is 5.02. The first-order valence-corrected chi connectivity index (χ1v) is 6.34. The van der Waals surface area contributed by atoms with Gasteiger partial charge in [-0.15, -0.1) is 0 Å². The molecule has 1 aliphatic heterocycles. The van der Waals surface area contributed by atoms with E-state index in [9.17, 15) is 0 Å². The molecule has 1 fully saturated rings. The standard InChI is InChI=1S/C12H21N3O3/c1-12(13,8-16-2)11-14-10(18-15-11)7-9-5-3-4-6-17-9/h9H,3-8,13H2,1-2H3. The van der Waals surface area contributed by atoms with Gasteiger partial charge in [0.2, 0.25) is 5.89 Å². The summed E-state index contributed by atoms with van der Waals surface area (Å²) in [6, 6.07) is 0. The quantitative estimate of drug-likeness (QED) is 0.845. The van der Waals surface area contributed by atoms with E-state index in [1.807, 2.05) is 6.92 Å². The predicted molar refractivity (Wildman–Crippen MR) is 65.0 cm³/mol. The smallest absolute Gasteiger partial charge is 0.229 e. The van der Waals surface area contributed by atoms with Gasteiger partial charge in [0.05, 0.1) is 19.1 Å². The lowest BCUT2D eigenvalue weighted by atomic mass is 10.0. The second-order valence-electron chi connectivity index (χ2n) is 5.05. The molecule has 0 radical (unpaired) electrons. The van der Waals surface area contributed by atoms with E-state index in [0.29, 0.717) is 24.7 Å². The van der Waals surface area contributed by atoms with Gasteiger partial charge in [0.15, 0.2) is 5.82 Å². The fourth-order valence-electron chi connectivity index (χ4n) is 2.10. The lowest BCUT2D eigenvalue weighted by Gasteiger charge is -2.21. The van der Waals surface area contributed by atoms with E-state index in [1.165, 1.54) is 6.42 Å². The Hall–Kier alpha value is -0.980. The van der Waals surface area contributed by atoms with Gasteiger partial charge in [0.25, 0.3) is 0 Å². The van der Waals surface area contributed by atoms with Gasteiger partial charge in [-0.2, -0.15) is 4.98 Å². The van der Waals surface area contributed by atoms with Crippen molar-refractivity contribution in [2.45, 2.75) is 44.2 Å². The molecule has 6 nitrogen and oxygen atoms in total. The molecule has 2 heterocycles. The van der Waals surface area contributed by atoms with Gasteiger partial charge >= 0.3 is 0 Å². The van der Waals surface area contributed by atoms with Crippen LogP contribution in [0.5, 0.6) is 0 Å². The minimum absolute atomic E-state index is 0.193. The molecule has 18 heavy (non-hydrogen) atoms. The summed E-state index contributed by atoms with van der Waals surface area (Å²) < 4.78 is 15.9. The van der Waals surface area contributed by atoms with Crippen LogP contribution in [0.15, 0.2) is 4.52 Å². The molecule has 102 valence electrons. The summed E-state index contributed by atoms with van der Waals surface area (Å²) in [5, 5.41) is 3.93. The maximum atomic E-state index is 6.05. The molecule has 0 bridgehead atoms. The van der Waals surface area contributed by atoms with Crippen LogP contribution >= 0.6 is 0 Å². The third kappa shape index (κ3) is 3.28. The van der Waals surface area contributed by atoms with Gasteiger partial charge in [0.1, 0.15) is 5.54 Å². The second kappa shape index (κ2) is 5.77. The zero-order valence-electron chi connectivity index (χ0n) is 11.0. The maximum absolute atomic E-state index is 6.05. The van der Waals surface area contributed by atoms with Crippen molar-refractivity contribution in [3.05, 3.63) is 11.7 Å². The van der Waals surface area contributed by atoms with Crippen LogP contribution in [0.2, 0.25) is 0 Å². The average Bonchev–Trinajstić information content (AvgIpc) is 2.79. The zero-order chi connectivity index (χ0) is 13.0. The normalized spacial score (nSPS) is 23.8. The van der Waals surface area contributed by atoms with Crippen molar-refractivity contribution >= 4 is 0 Å². The molecule has 2 N–H and O–H groups in total. The molecule has 0 amide bonds. The van der Waals surface area contributed by atoms with Gasteiger partial charge in [-0.3, -0.25) is 0 Å². The number of aromatic nitrogens is 2. The van der Waals surface area contributed by atoms with Crippen LogP contribution in [0.25, 0.3) is 0 Å². The summed E-state index contributed by atoms with van der Waals surface area (Å²) in [6.45, 7) is 3.00. The topological polar surface area (TPSA) is 83.4 Å². The van der Waals surface area contributed by atoms with Crippen LogP contribution < -0.4 is 5.73 Å². The highest BCUT2D eigenvalue weighted by Gasteiger charge is 2.28. The van der Waals surface area contributed by atoms with Crippen LogP contribution in [0.3, 0.4) is 0 Å². The molecule has 0 spiro atoms. The first kappa shape index (κ1) is 13.5. The van der Waals surface area contributed by atoms with Gasteiger partial charge in [0, 0.05) is 13.7 Å². The van der Waals surface area contributed by atoms with E-state index in [1.54, 1.807) is 7.11 Å². The van der Waals surface area contributed by atoms with E-state index >= 15 is 0 Å². The van der Waals surface area contributed by atoms with E-state index < -0.39 is 5.54 Å². The number of nitrogens with two attached hydrogens (primary N) is 1. The van der Waals surface area contributed by atoms with E-state index in [-0.39, 0.29) is 6.10 Å². The summed E-state index contributed by atoms with van der Waals surface area (Å²) in [5.74, 6) is 1.07. The average molecular weight is 255 g/mol. The Morgan fingerprint density at radius 1 is 1.50 bits per heavy atom. The molecule has 1 saturated heterocycles. The van der Waals surface area contributed by atoms with Crippen molar-refractivity contribution in [2.24, 2.45) is 5.73 Å². The first-order chi connectivity index (χ1) is 8.62. The zero-order valence-corrected chi connectivity index (χ0v) is 11.0. The Bertz CT molecular complexity index is 372. The lowest BCUT2D eigenvalue weighted by Crippen LogP contribution is -2.39. The molecule has 0 saturated carbocycles. The summed E-state index contributed by atoms with van der Waals surface area (Å²) >= 11 is 0. The highest BCUT2D eigenvalue weighted by Crippen LogP contribution is 2.19. The Balaban J connectivity index is 1.96. The Morgan fingerprint density at radius 2 is 2.33 bits per heavy atom. The monoisotopic (exact) mass is 255 g/mol. The summed E-state index contributed by atoms with van der Waals surface area (Å²) in [5.41, 5.74) is 5.34. The van der Waals surface area contributed by atoms with Crippen molar-refractivity contribution in [1.82, 2.24) is 10.1 Å². The number of nitrogens with zero attached hydrogens (tertiary/aromatic N) is 2. The Morgan fingerprint density at radius 3 is 3.00 bits per heavy atom. The van der Waals surface area contributed by atoms with Crippen molar-refractivity contribution in [3.63, 3.8) is 0 Å². The number of methoxy groups -OCH3 is 1. The fraction of sp³-hybridized carbons (Fsp3) is 0.833. The van der Waals surface area contributed by atoms with Crippen molar-refractivity contribution in [1.29, 1.82) is 0 Å². The number of ether oxygens (including phenoxy) is 2. The molecule has 0 aliphatic carbocycles. The molecule has 0 aromatic carbocycles. The van der Waals surface area contributed by atoms with Crippen LogP contribution in [0.1, 0.15) is 37.9 Å². The summed E-state index contributed by atoms with van der Waals surface area (Å²) in [7, 11) is 1.60. The van der Waals surface area contributed by atoms with Crippen molar-refractivity contribution in [3.8, 4) is 0 Å². The largest absolute Gasteiger partial charge is 0.382 e. The number of hydrogen-bond acceptors (Lipinski definition) is 6. The van der Waals surface area contributed by atoms with E-state index in [0.717, 1.165) is 19.4 Å². The van der Waals surface area contributed by atoms with Gasteiger partial charge < -0.3 is 19.7 Å². The maximum Gasteiger partial charge on any atom is 0.229 e. The molecule has 1 aromatic heterocycles. The molecule has 2 rings (SSSR count). The van der Waals surface area contributed by atoms with E-state index in [4.69, 9.17) is 19.7 Å². The Kier molecular flexibility index (Phi) is 4.31. The molecule has 1 aromatic rings. The van der Waals surface area contributed by atoms with E-state index in [2.05, 4.69) is 10.1 Å². The molecule has 2 unspecified atom stereocenters. The van der Waals surface area contributed by atoms with Crippen LogP contribution in [0.4, 0.5) is 0 Å². The first-order valence-electron chi connectivity index (χ1n) is 6.34. The Labute approximate surface area is 107 Å². The molecule has 1 aliphatic rings. The third-order valence-electron chi connectivity index (χ3n) is 3.10. The summed E-state index contributed by atoms with van der Waals surface area (Å²) in [4.78, 5) is 4.33. The van der Waals surface area contributed by atoms with Crippen LogP contribution in [-0.2, 0) is 21.4 Å². The van der Waals surface area contributed by atoms with Crippen LogP contribution in [0, 0.1) is 0 Å². The van der Waals surface area contributed by atoms with Gasteiger partial charge in [-0.25, -0.2) is 0 Å². The van der Waals surface area contributed by atoms with Crippen LogP contribution in [-0.4, -0.2) is 36.6 Å².